The van der Waals surface area contributed by atoms with Gasteiger partial charge < -0.3 is 5.32 Å². The minimum Gasteiger partial charge on any atom is -0.317 e. The molecule has 0 radical (unpaired) electrons. The summed E-state index contributed by atoms with van der Waals surface area (Å²) < 4.78 is 0. The number of hydrogen-bond donors (Lipinski definition) is 1. The third kappa shape index (κ3) is 3.88. The first-order valence-electron chi connectivity index (χ1n) is 3.09. The van der Waals surface area contributed by atoms with Crippen molar-refractivity contribution in [2.75, 3.05) is 7.05 Å². The van der Waals surface area contributed by atoms with E-state index in [1.54, 1.807) is 0 Å². The fraction of sp³-hybridized carbons (Fsp3) is 0.714. The summed E-state index contributed by atoms with van der Waals surface area (Å²) in [4.78, 5) is 0. The maximum Gasteiger partial charge on any atom is 0.00702 e. The van der Waals surface area contributed by atoms with Crippen molar-refractivity contribution in [1.29, 1.82) is 0 Å². The number of nitrogens with one attached hydrogen (secondary N) is 1. The predicted molar refractivity (Wildman–Crippen MR) is 38.0 cm³/mol. The van der Waals surface area contributed by atoms with Gasteiger partial charge in [-0.1, -0.05) is 12.2 Å². The van der Waals surface area contributed by atoms with Gasteiger partial charge in [-0.2, -0.15) is 0 Å². The fourth-order valence-electron chi connectivity index (χ4n) is 0.458. The molecule has 1 unspecified atom stereocenters. The Kier molecular flexibility index (Phi) is 4.67. The van der Waals surface area contributed by atoms with Gasteiger partial charge in [0, 0.05) is 6.04 Å². The lowest BCUT2D eigenvalue weighted by atomic mass is 10.2. The summed E-state index contributed by atoms with van der Waals surface area (Å²) in [5.74, 6) is 0. The standard InChI is InChI=1S/C7H15N/c1-4-5-6-7(2)8-3/h4-5,7-8H,6H2,1-3H3/b5-4-. The van der Waals surface area contributed by atoms with Crippen molar-refractivity contribution in [1.82, 2.24) is 5.32 Å². The molecule has 0 rings (SSSR count). The minimum atomic E-state index is 0.617. The lowest BCUT2D eigenvalue weighted by Crippen LogP contribution is -2.19. The Morgan fingerprint density at radius 1 is 1.62 bits per heavy atom. The SMILES string of the molecule is C/C=C\CC(C)NC. The lowest BCUT2D eigenvalue weighted by molar-refractivity contribution is 0.619. The number of hydrogen-bond acceptors (Lipinski definition) is 1. The molecule has 0 aromatic rings. The molecule has 1 heteroatoms. The molecule has 0 saturated carbocycles. The Morgan fingerprint density at radius 2 is 2.25 bits per heavy atom. The molecule has 0 aromatic heterocycles. The van der Waals surface area contributed by atoms with Gasteiger partial charge in [0.25, 0.3) is 0 Å². The van der Waals surface area contributed by atoms with Crippen LogP contribution in [0.1, 0.15) is 20.3 Å². The van der Waals surface area contributed by atoms with Crippen LogP contribution in [0.3, 0.4) is 0 Å². The van der Waals surface area contributed by atoms with Crippen LogP contribution in [-0.2, 0) is 0 Å². The minimum absolute atomic E-state index is 0.617. The molecule has 0 fully saturated rings. The van der Waals surface area contributed by atoms with Gasteiger partial charge >= 0.3 is 0 Å². The average molecular weight is 113 g/mol. The van der Waals surface area contributed by atoms with E-state index < -0.39 is 0 Å². The van der Waals surface area contributed by atoms with Crippen LogP contribution in [-0.4, -0.2) is 13.1 Å². The van der Waals surface area contributed by atoms with E-state index in [4.69, 9.17) is 0 Å². The molecule has 8 heavy (non-hydrogen) atoms. The van der Waals surface area contributed by atoms with Gasteiger partial charge in [0.05, 0.1) is 0 Å². The Bertz CT molecular complexity index is 66.8. The highest BCUT2D eigenvalue weighted by atomic mass is 14.8. The summed E-state index contributed by atoms with van der Waals surface area (Å²) in [6, 6.07) is 0.617. The van der Waals surface area contributed by atoms with Crippen LogP contribution < -0.4 is 5.32 Å². The molecule has 0 spiro atoms. The van der Waals surface area contributed by atoms with Crippen LogP contribution in [0.15, 0.2) is 12.2 Å². The van der Waals surface area contributed by atoms with Crippen LogP contribution in [0.25, 0.3) is 0 Å². The van der Waals surface area contributed by atoms with Crippen LogP contribution in [0, 0.1) is 0 Å². The van der Waals surface area contributed by atoms with Crippen LogP contribution >= 0.6 is 0 Å². The second-order valence-electron chi connectivity index (χ2n) is 1.99. The van der Waals surface area contributed by atoms with Crippen molar-refractivity contribution in [2.24, 2.45) is 0 Å². The molecule has 0 aromatic carbocycles. The monoisotopic (exact) mass is 113 g/mol. The molecule has 0 heterocycles. The Hall–Kier alpha value is -0.300. The Balaban J connectivity index is 3.10. The van der Waals surface area contributed by atoms with E-state index in [9.17, 15) is 0 Å². The summed E-state index contributed by atoms with van der Waals surface area (Å²) in [6.45, 7) is 4.21. The first kappa shape index (κ1) is 7.70. The van der Waals surface area contributed by atoms with Gasteiger partial charge in [-0.3, -0.25) is 0 Å². The molecular formula is C7H15N. The smallest absolute Gasteiger partial charge is 0.00702 e. The first-order valence-corrected chi connectivity index (χ1v) is 3.09. The van der Waals surface area contributed by atoms with E-state index in [0.717, 1.165) is 6.42 Å². The zero-order valence-corrected chi connectivity index (χ0v) is 5.94. The molecule has 0 bridgehead atoms. The molecule has 0 aliphatic heterocycles. The average Bonchev–Trinajstić information content (AvgIpc) is 1.83. The van der Waals surface area contributed by atoms with E-state index in [0.29, 0.717) is 6.04 Å². The molecule has 48 valence electrons. The van der Waals surface area contributed by atoms with Crippen LogP contribution in [0.5, 0.6) is 0 Å². The molecule has 1 nitrogen and oxygen atoms in total. The van der Waals surface area contributed by atoms with E-state index in [-0.39, 0.29) is 0 Å². The van der Waals surface area contributed by atoms with Gasteiger partial charge in [0.1, 0.15) is 0 Å². The van der Waals surface area contributed by atoms with Gasteiger partial charge in [-0.25, -0.2) is 0 Å². The third-order valence-corrected chi connectivity index (χ3v) is 1.22. The van der Waals surface area contributed by atoms with E-state index in [1.807, 2.05) is 14.0 Å². The van der Waals surface area contributed by atoms with E-state index >= 15 is 0 Å². The predicted octanol–water partition coefficient (Wildman–Crippen LogP) is 1.56. The summed E-state index contributed by atoms with van der Waals surface area (Å²) in [5.41, 5.74) is 0. The maximum absolute atomic E-state index is 3.15. The largest absolute Gasteiger partial charge is 0.317 e. The summed E-state index contributed by atoms with van der Waals surface area (Å²) in [6.07, 6.45) is 5.38. The number of rotatable bonds is 3. The first-order chi connectivity index (χ1) is 3.81. The van der Waals surface area contributed by atoms with Crippen molar-refractivity contribution in [3.8, 4) is 0 Å². The molecule has 0 aliphatic rings. The second kappa shape index (κ2) is 4.85. The fourth-order valence-corrected chi connectivity index (χ4v) is 0.458. The quantitative estimate of drug-likeness (QED) is 0.548. The molecule has 1 N–H and O–H groups in total. The van der Waals surface area contributed by atoms with Crippen molar-refractivity contribution in [3.05, 3.63) is 12.2 Å². The lowest BCUT2D eigenvalue weighted by Gasteiger charge is -2.03. The maximum atomic E-state index is 3.15. The van der Waals surface area contributed by atoms with Gasteiger partial charge in [0.15, 0.2) is 0 Å². The zero-order chi connectivity index (χ0) is 6.41. The summed E-state index contributed by atoms with van der Waals surface area (Å²) in [7, 11) is 1.98. The van der Waals surface area contributed by atoms with Crippen molar-refractivity contribution in [2.45, 2.75) is 26.3 Å². The number of allylic oxidation sites excluding steroid dienone is 1. The van der Waals surface area contributed by atoms with Gasteiger partial charge in [-0.15, -0.1) is 0 Å². The highest BCUT2D eigenvalue weighted by Gasteiger charge is 1.89. The summed E-state index contributed by atoms with van der Waals surface area (Å²) >= 11 is 0. The normalized spacial score (nSPS) is 14.9. The Labute approximate surface area is 51.8 Å². The Morgan fingerprint density at radius 3 is 2.62 bits per heavy atom. The molecule has 0 saturated heterocycles. The summed E-state index contributed by atoms with van der Waals surface area (Å²) in [5, 5.41) is 3.15. The van der Waals surface area contributed by atoms with Crippen molar-refractivity contribution < 1.29 is 0 Å². The second-order valence-corrected chi connectivity index (χ2v) is 1.99. The van der Waals surface area contributed by atoms with E-state index in [2.05, 4.69) is 24.4 Å². The molecular weight excluding hydrogens is 98.1 g/mol. The van der Waals surface area contributed by atoms with Gasteiger partial charge in [-0.05, 0) is 27.3 Å². The van der Waals surface area contributed by atoms with Crippen molar-refractivity contribution in [3.63, 3.8) is 0 Å². The van der Waals surface area contributed by atoms with Crippen LogP contribution in [0.4, 0.5) is 0 Å². The topological polar surface area (TPSA) is 12.0 Å². The zero-order valence-electron chi connectivity index (χ0n) is 5.94. The molecule has 0 amide bonds. The molecule has 1 atom stereocenters. The third-order valence-electron chi connectivity index (χ3n) is 1.22. The van der Waals surface area contributed by atoms with Crippen LogP contribution in [0.2, 0.25) is 0 Å². The highest BCUT2D eigenvalue weighted by molar-refractivity contribution is 4.80. The highest BCUT2D eigenvalue weighted by Crippen LogP contribution is 1.89. The van der Waals surface area contributed by atoms with Crippen molar-refractivity contribution >= 4 is 0 Å². The van der Waals surface area contributed by atoms with E-state index in [1.165, 1.54) is 0 Å². The molecule has 0 aliphatic carbocycles. The van der Waals surface area contributed by atoms with Gasteiger partial charge in [0.2, 0.25) is 0 Å².